The van der Waals surface area contributed by atoms with Gasteiger partial charge in [-0.3, -0.25) is 0 Å². The summed E-state index contributed by atoms with van der Waals surface area (Å²) in [5.41, 5.74) is 0. The second-order valence-corrected chi connectivity index (χ2v) is 6.73. The molecule has 2 heterocycles. The lowest BCUT2D eigenvalue weighted by atomic mass is 10.5. The molecule has 52 valence electrons. The molecule has 0 nitrogen and oxygen atoms in total. The van der Waals surface area contributed by atoms with Gasteiger partial charge in [0.25, 0.3) is 0 Å². The highest BCUT2D eigenvalue weighted by Crippen LogP contribution is 2.34. The first-order valence-corrected chi connectivity index (χ1v) is 5.61. The minimum absolute atomic E-state index is 1.04. The summed E-state index contributed by atoms with van der Waals surface area (Å²) >= 11 is 10.3. The number of hydrogen-bond donors (Lipinski definition) is 0. The molecule has 0 aromatic carbocycles. The molecule has 0 N–H and O–H groups in total. The maximum absolute atomic E-state index is 5.05. The number of hydrogen-bond acceptors (Lipinski definition) is 4. The number of aryl methyl sites for hydroxylation is 1. The van der Waals surface area contributed by atoms with Crippen molar-refractivity contribution in [1.82, 2.24) is 0 Å². The molecule has 4 heteroatoms. The molecule has 0 atom stereocenters. The average molecular weight is 204 g/mol. The Bertz CT molecular complexity index is 368. The second-order valence-electron chi connectivity index (χ2n) is 1.96. The highest BCUT2D eigenvalue weighted by atomic mass is 32.2. The van der Waals surface area contributed by atoms with Crippen LogP contribution in [0.15, 0.2) is 6.07 Å². The van der Waals surface area contributed by atoms with Crippen molar-refractivity contribution < 1.29 is 0 Å². The van der Waals surface area contributed by atoms with Crippen LogP contribution in [-0.4, -0.2) is 0 Å². The Morgan fingerprint density at radius 1 is 1.30 bits per heavy atom. The van der Waals surface area contributed by atoms with Gasteiger partial charge in [0.15, 0.2) is 0 Å². The van der Waals surface area contributed by atoms with E-state index in [1.165, 1.54) is 13.6 Å². The molecule has 0 spiro atoms. The summed E-state index contributed by atoms with van der Waals surface area (Å²) < 4.78 is 3.78. The molecule has 0 fully saturated rings. The van der Waals surface area contributed by atoms with Crippen LogP contribution in [-0.2, 0) is 0 Å². The molecule has 0 amide bonds. The lowest BCUT2D eigenvalue weighted by molar-refractivity contribution is 1.66. The van der Waals surface area contributed by atoms with Crippen molar-refractivity contribution in [3.63, 3.8) is 0 Å². The fourth-order valence-corrected chi connectivity index (χ4v) is 5.14. The van der Waals surface area contributed by atoms with E-state index in [-0.39, 0.29) is 0 Å². The molecule has 2 aromatic rings. The van der Waals surface area contributed by atoms with Crippen molar-refractivity contribution in [3.8, 4) is 0 Å². The van der Waals surface area contributed by atoms with Crippen LogP contribution in [0.2, 0.25) is 0 Å². The Morgan fingerprint density at radius 3 is 2.80 bits per heavy atom. The minimum Gasteiger partial charge on any atom is -0.129 e. The van der Waals surface area contributed by atoms with Crippen LogP contribution in [0.3, 0.4) is 0 Å². The molecule has 0 saturated carbocycles. The van der Waals surface area contributed by atoms with Gasteiger partial charge in [-0.25, -0.2) is 0 Å². The second kappa shape index (κ2) is 2.37. The average Bonchev–Trinajstić information content (AvgIpc) is 2.21. The smallest absolute Gasteiger partial charge is 0.129 e. The molecule has 0 aliphatic rings. The van der Waals surface area contributed by atoms with Crippen molar-refractivity contribution in [3.05, 3.63) is 14.1 Å². The van der Waals surface area contributed by atoms with Gasteiger partial charge in [0, 0.05) is 4.88 Å². The van der Waals surface area contributed by atoms with E-state index in [0.29, 0.717) is 0 Å². The summed E-state index contributed by atoms with van der Waals surface area (Å²) in [6, 6.07) is 2.21. The molecule has 0 aliphatic carbocycles. The zero-order chi connectivity index (χ0) is 7.14. The van der Waals surface area contributed by atoms with Gasteiger partial charge in [0.1, 0.15) is 3.14 Å². The molecule has 0 aliphatic heterocycles. The molecule has 0 radical (unpaired) electrons. The summed E-state index contributed by atoms with van der Waals surface area (Å²) in [5.74, 6) is 0. The molecule has 10 heavy (non-hydrogen) atoms. The van der Waals surface area contributed by atoms with E-state index in [1.807, 2.05) is 11.3 Å². The van der Waals surface area contributed by atoms with E-state index in [2.05, 4.69) is 13.0 Å². The van der Waals surface area contributed by atoms with Gasteiger partial charge in [-0.1, -0.05) is 12.2 Å². The Hall–Kier alpha value is 0.230. The topological polar surface area (TPSA) is 0 Å². The summed E-state index contributed by atoms with van der Waals surface area (Å²) in [7, 11) is 0. The van der Waals surface area contributed by atoms with E-state index in [9.17, 15) is 0 Å². The van der Waals surface area contributed by atoms with Crippen LogP contribution in [0.4, 0.5) is 0 Å². The summed E-state index contributed by atoms with van der Waals surface area (Å²) in [5, 5.41) is 0. The fraction of sp³-hybridized carbons (Fsp3) is 0.167. The van der Waals surface area contributed by atoms with Gasteiger partial charge in [0.2, 0.25) is 0 Å². The SMILES string of the molecule is Cc1cc2sc(=S)sc2s1. The Morgan fingerprint density at radius 2 is 2.10 bits per heavy atom. The zero-order valence-corrected chi connectivity index (χ0v) is 8.48. The lowest BCUT2D eigenvalue weighted by Crippen LogP contribution is -1.45. The largest absolute Gasteiger partial charge is 0.145 e. The monoisotopic (exact) mass is 204 g/mol. The third-order valence-electron chi connectivity index (χ3n) is 1.16. The normalized spacial score (nSPS) is 10.9. The van der Waals surface area contributed by atoms with Crippen molar-refractivity contribution in [2.45, 2.75) is 6.92 Å². The lowest BCUT2D eigenvalue weighted by Gasteiger charge is -1.69. The standard InChI is InChI=1S/C6H4S4/c1-3-2-4-5(8-3)10-6(7)9-4/h2H,1H3. The van der Waals surface area contributed by atoms with Gasteiger partial charge in [-0.15, -0.1) is 34.0 Å². The number of fused-ring (bicyclic) bond motifs is 1. The molecule has 0 unspecified atom stereocenters. The van der Waals surface area contributed by atoms with Crippen molar-refractivity contribution in [1.29, 1.82) is 0 Å². The first-order valence-electron chi connectivity index (χ1n) is 2.76. The van der Waals surface area contributed by atoms with Gasteiger partial charge < -0.3 is 0 Å². The van der Waals surface area contributed by atoms with E-state index in [1.54, 1.807) is 22.7 Å². The molecular formula is C6H4S4. The predicted molar refractivity (Wildman–Crippen MR) is 53.2 cm³/mol. The summed E-state index contributed by atoms with van der Waals surface area (Å²) in [6.07, 6.45) is 0. The first kappa shape index (κ1) is 6.91. The van der Waals surface area contributed by atoms with Crippen LogP contribution in [0.5, 0.6) is 0 Å². The Kier molecular flexibility index (Phi) is 1.64. The highest BCUT2D eigenvalue weighted by molar-refractivity contribution is 7.77. The summed E-state index contributed by atoms with van der Waals surface area (Å²) in [6.45, 7) is 2.13. The third kappa shape index (κ3) is 1.05. The van der Waals surface area contributed by atoms with E-state index in [4.69, 9.17) is 12.2 Å². The molecular weight excluding hydrogens is 200 g/mol. The summed E-state index contributed by atoms with van der Waals surface area (Å²) in [4.78, 5) is 1.38. The third-order valence-corrected chi connectivity index (χ3v) is 5.04. The van der Waals surface area contributed by atoms with Crippen molar-refractivity contribution in [2.24, 2.45) is 0 Å². The van der Waals surface area contributed by atoms with Gasteiger partial charge in [-0.05, 0) is 13.0 Å². The number of rotatable bonds is 0. The minimum atomic E-state index is 1.04. The van der Waals surface area contributed by atoms with Crippen molar-refractivity contribution in [2.75, 3.05) is 0 Å². The van der Waals surface area contributed by atoms with Crippen LogP contribution in [0.25, 0.3) is 8.71 Å². The van der Waals surface area contributed by atoms with E-state index in [0.717, 1.165) is 3.14 Å². The Labute approximate surface area is 75.8 Å². The molecule has 0 bridgehead atoms. The predicted octanol–water partition coefficient (Wildman–Crippen LogP) is 4.06. The van der Waals surface area contributed by atoms with Crippen molar-refractivity contribution >= 4 is 54.9 Å². The van der Waals surface area contributed by atoms with Crippen LogP contribution in [0, 0.1) is 10.1 Å². The molecule has 0 saturated heterocycles. The number of thiophene rings is 1. The van der Waals surface area contributed by atoms with E-state index >= 15 is 0 Å². The molecule has 2 rings (SSSR count). The van der Waals surface area contributed by atoms with Crippen LogP contribution >= 0.6 is 46.2 Å². The Balaban J connectivity index is 2.95. The maximum Gasteiger partial charge on any atom is 0.145 e. The van der Waals surface area contributed by atoms with Gasteiger partial charge in [-0.2, -0.15) is 0 Å². The zero-order valence-electron chi connectivity index (χ0n) is 5.21. The van der Waals surface area contributed by atoms with Gasteiger partial charge in [0.05, 0.1) is 8.71 Å². The van der Waals surface area contributed by atoms with Gasteiger partial charge >= 0.3 is 0 Å². The van der Waals surface area contributed by atoms with Crippen LogP contribution in [0.1, 0.15) is 4.88 Å². The fourth-order valence-electron chi connectivity index (χ4n) is 0.798. The first-order chi connectivity index (χ1) is 4.75. The van der Waals surface area contributed by atoms with Crippen LogP contribution < -0.4 is 0 Å². The highest BCUT2D eigenvalue weighted by Gasteiger charge is 2.00. The quantitative estimate of drug-likeness (QED) is 0.583. The molecule has 2 aromatic heterocycles. The van der Waals surface area contributed by atoms with E-state index < -0.39 is 0 Å². The maximum atomic E-state index is 5.05.